The van der Waals surface area contributed by atoms with Gasteiger partial charge in [-0.15, -0.1) is 0 Å². The van der Waals surface area contributed by atoms with Gasteiger partial charge in [-0.05, 0) is 24.3 Å². The number of benzene rings is 2. The molecule has 3 rings (SSSR count). The molecule has 0 spiro atoms. The van der Waals surface area contributed by atoms with E-state index in [1.165, 1.54) is 24.3 Å². The highest BCUT2D eigenvalue weighted by Crippen LogP contribution is 2.31. The number of Topliss-reactive ketones (excluding diaryl/α,β-unsaturated/α-hetero) is 2. The minimum atomic E-state index is -3.00. The summed E-state index contributed by atoms with van der Waals surface area (Å²) < 4.78 is 30.0. The van der Waals surface area contributed by atoms with Crippen LogP contribution in [0.4, 0.5) is 8.78 Å². The molecular weight excluding hydrogens is 370 g/mol. The Bertz CT molecular complexity index is 806. The number of hydrogen-bond donors (Lipinski definition) is 0. The first-order chi connectivity index (χ1) is 11.0. The van der Waals surface area contributed by atoms with Crippen LogP contribution in [0.25, 0.3) is 6.08 Å². The third kappa shape index (κ3) is 2.94. The molecule has 3 nitrogen and oxygen atoms in total. The van der Waals surface area contributed by atoms with Crippen molar-refractivity contribution < 1.29 is 23.1 Å². The minimum absolute atomic E-state index is 0.0663. The second-order valence-electron chi connectivity index (χ2n) is 4.82. The van der Waals surface area contributed by atoms with E-state index in [9.17, 15) is 18.4 Å². The van der Waals surface area contributed by atoms with Gasteiger partial charge in [0.05, 0.1) is 5.57 Å². The summed E-state index contributed by atoms with van der Waals surface area (Å²) >= 11 is 3.23. The minimum Gasteiger partial charge on any atom is -0.434 e. The van der Waals surface area contributed by atoms with Crippen LogP contribution in [0.15, 0.2) is 52.5 Å². The number of alkyl halides is 2. The van der Waals surface area contributed by atoms with Gasteiger partial charge in [0.1, 0.15) is 5.75 Å². The van der Waals surface area contributed by atoms with Crippen LogP contribution in [-0.4, -0.2) is 18.2 Å². The molecule has 0 saturated heterocycles. The van der Waals surface area contributed by atoms with E-state index in [1.807, 2.05) is 0 Å². The van der Waals surface area contributed by atoms with Crippen molar-refractivity contribution in [3.8, 4) is 5.75 Å². The van der Waals surface area contributed by atoms with Gasteiger partial charge in [0.15, 0.2) is 11.6 Å². The number of hydrogen-bond acceptors (Lipinski definition) is 3. The molecule has 1 aliphatic carbocycles. The Hall–Kier alpha value is -2.34. The standard InChI is InChI=1S/C17H9BrF2O3/c18-10-5-6-14(23-17(19)20)9(7-10)8-13-15(21)11-3-1-2-4-12(11)16(13)22/h1-8,17H. The molecule has 0 radical (unpaired) electrons. The summed E-state index contributed by atoms with van der Waals surface area (Å²) in [5.41, 5.74) is 0.790. The monoisotopic (exact) mass is 378 g/mol. The van der Waals surface area contributed by atoms with Gasteiger partial charge in [-0.2, -0.15) is 8.78 Å². The number of halogens is 3. The summed E-state index contributed by atoms with van der Waals surface area (Å²) in [6.07, 6.45) is 1.28. The fourth-order valence-corrected chi connectivity index (χ4v) is 2.77. The molecule has 0 atom stereocenters. The molecule has 1 aliphatic rings. The zero-order valence-electron chi connectivity index (χ0n) is 11.6. The summed E-state index contributed by atoms with van der Waals surface area (Å²) in [5, 5.41) is 0. The Morgan fingerprint density at radius 1 is 1.00 bits per heavy atom. The molecule has 0 amide bonds. The van der Waals surface area contributed by atoms with E-state index >= 15 is 0 Å². The average molecular weight is 379 g/mol. The smallest absolute Gasteiger partial charge is 0.387 e. The molecule has 0 aliphatic heterocycles. The molecule has 6 heteroatoms. The highest BCUT2D eigenvalue weighted by Gasteiger charge is 2.32. The average Bonchev–Trinajstić information content (AvgIpc) is 2.75. The summed E-state index contributed by atoms with van der Waals surface area (Å²) in [6.45, 7) is -3.00. The summed E-state index contributed by atoms with van der Waals surface area (Å²) in [4.78, 5) is 24.7. The lowest BCUT2D eigenvalue weighted by Gasteiger charge is -2.08. The summed E-state index contributed by atoms with van der Waals surface area (Å²) in [6, 6.07) is 10.8. The lowest BCUT2D eigenvalue weighted by Crippen LogP contribution is -2.05. The van der Waals surface area contributed by atoms with Gasteiger partial charge in [-0.3, -0.25) is 9.59 Å². The van der Waals surface area contributed by atoms with Gasteiger partial charge >= 0.3 is 6.61 Å². The van der Waals surface area contributed by atoms with E-state index in [2.05, 4.69) is 20.7 Å². The molecule has 23 heavy (non-hydrogen) atoms. The second-order valence-corrected chi connectivity index (χ2v) is 5.74. The summed E-state index contributed by atoms with van der Waals surface area (Å²) in [5.74, 6) is -0.950. The largest absolute Gasteiger partial charge is 0.434 e. The molecule has 0 saturated carbocycles. The van der Waals surface area contributed by atoms with E-state index < -0.39 is 18.2 Å². The number of allylic oxidation sites excluding steroid dienone is 1. The maximum Gasteiger partial charge on any atom is 0.387 e. The SMILES string of the molecule is O=C1C(=Cc2cc(Br)ccc2OC(F)F)C(=O)c2ccccc21. The first kappa shape index (κ1) is 15.6. The Labute approximate surface area is 138 Å². The molecule has 0 bridgehead atoms. The molecule has 0 heterocycles. The normalized spacial score (nSPS) is 13.5. The number of ether oxygens (including phenoxy) is 1. The third-order valence-corrected chi connectivity index (χ3v) is 3.89. The Balaban J connectivity index is 2.08. The fraction of sp³-hybridized carbons (Fsp3) is 0.0588. The molecule has 0 fully saturated rings. The predicted octanol–water partition coefficient (Wildman–Crippen LogP) is 4.51. The topological polar surface area (TPSA) is 43.4 Å². The van der Waals surface area contributed by atoms with Gasteiger partial charge in [0, 0.05) is 21.2 Å². The Morgan fingerprint density at radius 2 is 1.61 bits per heavy atom. The maximum atomic E-state index is 12.5. The lowest BCUT2D eigenvalue weighted by molar-refractivity contribution is -0.0499. The van der Waals surface area contributed by atoms with Crippen LogP contribution in [0, 0.1) is 0 Å². The molecule has 0 unspecified atom stereocenters. The number of fused-ring (bicyclic) bond motifs is 1. The number of ketones is 2. The third-order valence-electron chi connectivity index (χ3n) is 3.39. The van der Waals surface area contributed by atoms with Crippen LogP contribution in [-0.2, 0) is 0 Å². The Morgan fingerprint density at radius 3 is 2.17 bits per heavy atom. The Kier molecular flexibility index (Phi) is 4.09. The number of carbonyl (C=O) groups excluding carboxylic acids is 2. The van der Waals surface area contributed by atoms with Crippen molar-refractivity contribution >= 4 is 33.6 Å². The quantitative estimate of drug-likeness (QED) is 0.582. The highest BCUT2D eigenvalue weighted by molar-refractivity contribution is 9.10. The van der Waals surface area contributed by atoms with Crippen LogP contribution in [0.2, 0.25) is 0 Å². The van der Waals surface area contributed by atoms with Crippen molar-refractivity contribution in [3.63, 3.8) is 0 Å². The molecular formula is C17H9BrF2O3. The molecule has 0 N–H and O–H groups in total. The number of carbonyl (C=O) groups is 2. The van der Waals surface area contributed by atoms with Crippen molar-refractivity contribution in [1.82, 2.24) is 0 Å². The zero-order valence-corrected chi connectivity index (χ0v) is 13.1. The van der Waals surface area contributed by atoms with E-state index in [4.69, 9.17) is 0 Å². The van der Waals surface area contributed by atoms with Gasteiger partial charge in [-0.1, -0.05) is 40.2 Å². The van der Waals surface area contributed by atoms with Crippen LogP contribution in [0.5, 0.6) is 5.75 Å². The van der Waals surface area contributed by atoms with Crippen molar-refractivity contribution in [2.24, 2.45) is 0 Å². The predicted molar refractivity (Wildman–Crippen MR) is 83.9 cm³/mol. The van der Waals surface area contributed by atoms with E-state index in [0.717, 1.165) is 0 Å². The van der Waals surface area contributed by atoms with Gasteiger partial charge in [-0.25, -0.2) is 0 Å². The van der Waals surface area contributed by atoms with E-state index in [1.54, 1.807) is 24.3 Å². The molecule has 2 aromatic carbocycles. The van der Waals surface area contributed by atoms with Gasteiger partial charge in [0.2, 0.25) is 0 Å². The number of rotatable bonds is 3. The summed E-state index contributed by atoms with van der Waals surface area (Å²) in [7, 11) is 0. The van der Waals surface area contributed by atoms with Crippen LogP contribution >= 0.6 is 15.9 Å². The van der Waals surface area contributed by atoms with Crippen LogP contribution < -0.4 is 4.74 Å². The van der Waals surface area contributed by atoms with E-state index in [-0.39, 0.29) is 16.9 Å². The molecule has 2 aromatic rings. The van der Waals surface area contributed by atoms with Gasteiger partial charge in [0.25, 0.3) is 0 Å². The highest BCUT2D eigenvalue weighted by atomic mass is 79.9. The first-order valence-electron chi connectivity index (χ1n) is 6.62. The van der Waals surface area contributed by atoms with Crippen molar-refractivity contribution in [1.29, 1.82) is 0 Å². The van der Waals surface area contributed by atoms with Crippen LogP contribution in [0.3, 0.4) is 0 Å². The second kappa shape index (κ2) is 6.04. The van der Waals surface area contributed by atoms with Crippen molar-refractivity contribution in [2.75, 3.05) is 0 Å². The van der Waals surface area contributed by atoms with Crippen LogP contribution in [0.1, 0.15) is 26.3 Å². The lowest BCUT2D eigenvalue weighted by atomic mass is 10.1. The maximum absolute atomic E-state index is 12.5. The zero-order chi connectivity index (χ0) is 16.6. The van der Waals surface area contributed by atoms with Gasteiger partial charge < -0.3 is 4.74 Å². The fourth-order valence-electron chi connectivity index (χ4n) is 2.39. The van der Waals surface area contributed by atoms with Crippen molar-refractivity contribution in [3.05, 3.63) is 69.2 Å². The van der Waals surface area contributed by atoms with E-state index in [0.29, 0.717) is 15.6 Å². The molecule has 0 aromatic heterocycles. The van der Waals surface area contributed by atoms with Crippen molar-refractivity contribution in [2.45, 2.75) is 6.61 Å². The molecule has 116 valence electrons. The first-order valence-corrected chi connectivity index (χ1v) is 7.41.